The van der Waals surface area contributed by atoms with E-state index in [0.717, 1.165) is 31.3 Å². The van der Waals surface area contributed by atoms with Gasteiger partial charge in [0.25, 0.3) is 0 Å². The zero-order valence-electron chi connectivity index (χ0n) is 10.9. The summed E-state index contributed by atoms with van der Waals surface area (Å²) in [6.45, 7) is 4.59. The summed E-state index contributed by atoms with van der Waals surface area (Å²) in [5, 5.41) is 3.19. The first kappa shape index (κ1) is 13.7. The number of anilines is 2. The van der Waals surface area contributed by atoms with Gasteiger partial charge >= 0.3 is 0 Å². The first-order valence-electron chi connectivity index (χ1n) is 6.05. The number of nitrogens with zero attached hydrogens (tertiary/aromatic N) is 3. The van der Waals surface area contributed by atoms with Gasteiger partial charge in [-0.25, -0.2) is 4.98 Å². The fourth-order valence-electron chi connectivity index (χ4n) is 1.41. The predicted octanol–water partition coefficient (Wildman–Crippen LogP) is 1.77. The number of methoxy groups -OCH3 is 1. The Hall–Kier alpha value is -1.36. The first-order chi connectivity index (χ1) is 8.27. The fourth-order valence-corrected chi connectivity index (χ4v) is 1.41. The Morgan fingerprint density at radius 2 is 2.29 bits per heavy atom. The normalized spacial score (nSPS) is 10.3. The Labute approximate surface area is 103 Å². The van der Waals surface area contributed by atoms with Crippen molar-refractivity contribution >= 4 is 11.8 Å². The van der Waals surface area contributed by atoms with Crippen molar-refractivity contribution in [3.05, 3.63) is 12.3 Å². The molecule has 1 aromatic heterocycles. The van der Waals surface area contributed by atoms with E-state index < -0.39 is 0 Å². The number of rotatable bonds is 8. The van der Waals surface area contributed by atoms with Gasteiger partial charge in [0.15, 0.2) is 0 Å². The van der Waals surface area contributed by atoms with Crippen LogP contribution in [0.4, 0.5) is 11.8 Å². The summed E-state index contributed by atoms with van der Waals surface area (Å²) in [6, 6.07) is 1.87. The molecule has 0 bridgehead atoms. The highest BCUT2D eigenvalue weighted by molar-refractivity contribution is 5.40. The van der Waals surface area contributed by atoms with E-state index in [9.17, 15) is 0 Å². The van der Waals surface area contributed by atoms with Gasteiger partial charge in [0.1, 0.15) is 5.82 Å². The highest BCUT2D eigenvalue weighted by Crippen LogP contribution is 2.09. The number of aromatic nitrogens is 2. The van der Waals surface area contributed by atoms with Gasteiger partial charge in [0.05, 0.1) is 6.61 Å². The van der Waals surface area contributed by atoms with E-state index >= 15 is 0 Å². The van der Waals surface area contributed by atoms with Crippen LogP contribution in [0.3, 0.4) is 0 Å². The maximum atomic E-state index is 4.98. The third-order valence-electron chi connectivity index (χ3n) is 2.44. The second-order valence-electron chi connectivity index (χ2n) is 3.94. The molecule has 0 aliphatic heterocycles. The quantitative estimate of drug-likeness (QED) is 0.699. The number of hydrogen-bond acceptors (Lipinski definition) is 5. The van der Waals surface area contributed by atoms with E-state index in [4.69, 9.17) is 4.74 Å². The van der Waals surface area contributed by atoms with E-state index in [1.54, 1.807) is 13.3 Å². The van der Waals surface area contributed by atoms with Crippen molar-refractivity contribution in [2.75, 3.05) is 44.1 Å². The van der Waals surface area contributed by atoms with Crippen LogP contribution in [0.25, 0.3) is 0 Å². The van der Waals surface area contributed by atoms with Gasteiger partial charge in [-0.3, -0.25) is 0 Å². The van der Waals surface area contributed by atoms with Crippen LogP contribution in [0, 0.1) is 0 Å². The fraction of sp³-hybridized carbons (Fsp3) is 0.667. The maximum Gasteiger partial charge on any atom is 0.226 e. The van der Waals surface area contributed by atoms with Crippen molar-refractivity contribution in [1.82, 2.24) is 9.97 Å². The molecule has 1 N–H and O–H groups in total. The minimum atomic E-state index is 0.672. The van der Waals surface area contributed by atoms with Crippen LogP contribution in [0.5, 0.6) is 0 Å². The largest absolute Gasteiger partial charge is 0.383 e. The van der Waals surface area contributed by atoms with Gasteiger partial charge in [-0.05, 0) is 12.5 Å². The van der Waals surface area contributed by atoms with Crippen LogP contribution in [0.1, 0.15) is 19.8 Å². The lowest BCUT2D eigenvalue weighted by molar-refractivity contribution is 0.210. The van der Waals surface area contributed by atoms with Crippen LogP contribution < -0.4 is 10.2 Å². The van der Waals surface area contributed by atoms with Gasteiger partial charge in [0, 0.05) is 33.4 Å². The Bertz CT molecular complexity index is 319. The maximum absolute atomic E-state index is 4.98. The average molecular weight is 238 g/mol. The number of unbranched alkanes of at least 4 members (excludes halogenated alkanes) is 1. The van der Waals surface area contributed by atoms with Gasteiger partial charge < -0.3 is 15.0 Å². The van der Waals surface area contributed by atoms with Crippen molar-refractivity contribution in [3.63, 3.8) is 0 Å². The minimum Gasteiger partial charge on any atom is -0.383 e. The molecule has 0 fully saturated rings. The van der Waals surface area contributed by atoms with E-state index in [0.29, 0.717) is 6.61 Å². The molecule has 17 heavy (non-hydrogen) atoms. The van der Waals surface area contributed by atoms with Gasteiger partial charge in [-0.2, -0.15) is 4.98 Å². The Kier molecular flexibility index (Phi) is 6.32. The summed E-state index contributed by atoms with van der Waals surface area (Å²) in [5.41, 5.74) is 0. The zero-order chi connectivity index (χ0) is 12.5. The molecule has 0 unspecified atom stereocenters. The third-order valence-corrected chi connectivity index (χ3v) is 2.44. The molecule has 1 aromatic rings. The lowest BCUT2D eigenvalue weighted by Crippen LogP contribution is -2.21. The molecule has 5 nitrogen and oxygen atoms in total. The van der Waals surface area contributed by atoms with Gasteiger partial charge in [0.2, 0.25) is 5.95 Å². The topological polar surface area (TPSA) is 50.3 Å². The van der Waals surface area contributed by atoms with Gasteiger partial charge in [-0.15, -0.1) is 0 Å². The van der Waals surface area contributed by atoms with Gasteiger partial charge in [-0.1, -0.05) is 13.3 Å². The third kappa shape index (κ3) is 4.99. The number of nitrogens with one attached hydrogen (secondary N) is 1. The molecule has 0 aliphatic carbocycles. The Balaban J connectivity index is 2.52. The predicted molar refractivity (Wildman–Crippen MR) is 70.6 cm³/mol. The summed E-state index contributed by atoms with van der Waals surface area (Å²) < 4.78 is 4.98. The van der Waals surface area contributed by atoms with E-state index in [2.05, 4.69) is 27.1 Å². The second kappa shape index (κ2) is 7.84. The minimum absolute atomic E-state index is 0.672. The monoisotopic (exact) mass is 238 g/mol. The molecular formula is C12H22N4O. The van der Waals surface area contributed by atoms with Crippen LogP contribution in [-0.4, -0.2) is 43.8 Å². The molecule has 0 radical (unpaired) electrons. The van der Waals surface area contributed by atoms with E-state index in [-0.39, 0.29) is 0 Å². The van der Waals surface area contributed by atoms with E-state index in [1.165, 1.54) is 6.42 Å². The molecule has 1 heterocycles. The molecule has 0 aliphatic rings. The highest BCUT2D eigenvalue weighted by atomic mass is 16.5. The Morgan fingerprint density at radius 3 is 3.00 bits per heavy atom. The molecule has 1 rings (SSSR count). The highest BCUT2D eigenvalue weighted by Gasteiger charge is 2.04. The molecule has 0 amide bonds. The standard InChI is InChI=1S/C12H22N4O/c1-4-5-9-16(2)12-14-7-6-11(15-12)13-8-10-17-3/h6-7H,4-5,8-10H2,1-3H3,(H,13,14,15). The van der Waals surface area contributed by atoms with Crippen molar-refractivity contribution in [3.8, 4) is 0 Å². The molecule has 5 heteroatoms. The molecule has 96 valence electrons. The first-order valence-corrected chi connectivity index (χ1v) is 6.05. The Morgan fingerprint density at radius 1 is 1.47 bits per heavy atom. The van der Waals surface area contributed by atoms with Crippen LogP contribution in [-0.2, 0) is 4.74 Å². The molecule has 0 aromatic carbocycles. The lowest BCUT2D eigenvalue weighted by atomic mass is 10.3. The number of hydrogen-bond donors (Lipinski definition) is 1. The number of ether oxygens (including phenoxy) is 1. The van der Waals surface area contributed by atoms with Crippen molar-refractivity contribution < 1.29 is 4.74 Å². The van der Waals surface area contributed by atoms with Crippen LogP contribution in [0.15, 0.2) is 12.3 Å². The van der Waals surface area contributed by atoms with Crippen LogP contribution in [0.2, 0.25) is 0 Å². The van der Waals surface area contributed by atoms with E-state index in [1.807, 2.05) is 13.1 Å². The summed E-state index contributed by atoms with van der Waals surface area (Å²) in [6.07, 6.45) is 4.11. The summed E-state index contributed by atoms with van der Waals surface area (Å²) in [7, 11) is 3.70. The summed E-state index contributed by atoms with van der Waals surface area (Å²) in [4.78, 5) is 10.8. The van der Waals surface area contributed by atoms with Crippen molar-refractivity contribution in [1.29, 1.82) is 0 Å². The summed E-state index contributed by atoms with van der Waals surface area (Å²) >= 11 is 0. The molecule has 0 saturated heterocycles. The molecular weight excluding hydrogens is 216 g/mol. The molecule has 0 spiro atoms. The van der Waals surface area contributed by atoms with Crippen molar-refractivity contribution in [2.45, 2.75) is 19.8 Å². The smallest absolute Gasteiger partial charge is 0.226 e. The zero-order valence-corrected chi connectivity index (χ0v) is 10.9. The average Bonchev–Trinajstić information content (AvgIpc) is 2.36. The SMILES string of the molecule is CCCCN(C)c1nccc(NCCOC)n1. The summed E-state index contributed by atoms with van der Waals surface area (Å²) in [5.74, 6) is 1.61. The second-order valence-corrected chi connectivity index (χ2v) is 3.94. The molecule has 0 saturated carbocycles. The molecule has 0 atom stereocenters. The van der Waals surface area contributed by atoms with Crippen LogP contribution >= 0.6 is 0 Å². The lowest BCUT2D eigenvalue weighted by Gasteiger charge is -2.17. The van der Waals surface area contributed by atoms with Crippen molar-refractivity contribution in [2.24, 2.45) is 0 Å².